The number of para-hydroxylation sites is 1. The molecule has 2 aromatic carbocycles. The molecule has 1 aliphatic heterocycles. The molecule has 2 unspecified atom stereocenters. The number of ether oxygens (including phenoxy) is 1. The number of fused-ring (bicyclic) bond motifs is 1. The molecule has 0 radical (unpaired) electrons. The Kier molecular flexibility index (Phi) is 8.17. The molecule has 170 valence electrons. The first-order chi connectivity index (χ1) is 15.3. The van der Waals surface area contributed by atoms with E-state index in [1.165, 1.54) is 17.3 Å². The summed E-state index contributed by atoms with van der Waals surface area (Å²) < 4.78 is 21.1. The topological polar surface area (TPSA) is 70.1 Å². The number of hydrogen-bond donors (Lipinski definition) is 1. The van der Waals surface area contributed by atoms with Crippen molar-refractivity contribution in [1.82, 2.24) is 4.31 Å². The van der Waals surface area contributed by atoms with Gasteiger partial charge < -0.3 is 14.7 Å². The predicted molar refractivity (Wildman–Crippen MR) is 131 cm³/mol. The number of hydrogen-bond acceptors (Lipinski definition) is 5. The number of carboxylic acids is 1. The van der Waals surface area contributed by atoms with E-state index >= 15 is 0 Å². The summed E-state index contributed by atoms with van der Waals surface area (Å²) in [5.41, 5.74) is 3.11. The van der Waals surface area contributed by atoms with Crippen LogP contribution in [0.1, 0.15) is 20.3 Å². The van der Waals surface area contributed by atoms with E-state index in [0.29, 0.717) is 17.2 Å². The molecule has 0 bridgehead atoms. The highest BCUT2D eigenvalue weighted by atomic mass is 32.2. The maximum Gasteiger partial charge on any atom is 0.331 e. The summed E-state index contributed by atoms with van der Waals surface area (Å²) in [7, 11) is 0.462. The maximum atomic E-state index is 13.6. The average molecular weight is 473 g/mol. The lowest BCUT2D eigenvalue weighted by atomic mass is 10.1. The SMILES string of the molecule is CSc1cc2c(cc1O/C=C/C(=O)O)S(=O)N(C)C(CC=C(C)C)CN2c1ccccc1. The smallest absolute Gasteiger partial charge is 0.331 e. The number of allylic oxidation sites excluding steroid dienone is 1. The third-order valence-electron chi connectivity index (χ3n) is 5.16. The summed E-state index contributed by atoms with van der Waals surface area (Å²) in [5.74, 6) is -0.614. The number of anilines is 2. The minimum absolute atomic E-state index is 0.0346. The largest absolute Gasteiger partial charge is 0.478 e. The van der Waals surface area contributed by atoms with E-state index < -0.39 is 17.0 Å². The molecule has 0 saturated heterocycles. The van der Waals surface area contributed by atoms with E-state index in [1.54, 1.807) is 6.07 Å². The minimum Gasteiger partial charge on any atom is -0.478 e. The molecular weight excluding hydrogens is 444 g/mol. The van der Waals surface area contributed by atoms with Gasteiger partial charge in [0.05, 0.1) is 27.8 Å². The third kappa shape index (κ3) is 5.62. The van der Waals surface area contributed by atoms with Gasteiger partial charge in [0.1, 0.15) is 16.7 Å². The van der Waals surface area contributed by atoms with Crippen LogP contribution in [0.25, 0.3) is 0 Å². The van der Waals surface area contributed by atoms with Crippen molar-refractivity contribution < 1.29 is 18.8 Å². The van der Waals surface area contributed by atoms with Crippen molar-refractivity contribution in [3.05, 3.63) is 66.5 Å². The molecule has 32 heavy (non-hydrogen) atoms. The van der Waals surface area contributed by atoms with Gasteiger partial charge in [0.2, 0.25) is 0 Å². The van der Waals surface area contributed by atoms with Crippen molar-refractivity contribution in [3.63, 3.8) is 0 Å². The van der Waals surface area contributed by atoms with Crippen molar-refractivity contribution in [2.45, 2.75) is 36.1 Å². The Morgan fingerprint density at radius 1 is 1.28 bits per heavy atom. The number of thioether (sulfide) groups is 1. The zero-order valence-electron chi connectivity index (χ0n) is 18.6. The second-order valence-electron chi connectivity index (χ2n) is 7.64. The van der Waals surface area contributed by atoms with Crippen molar-refractivity contribution in [3.8, 4) is 5.75 Å². The first-order valence-electron chi connectivity index (χ1n) is 10.2. The Hall–Kier alpha value is -2.55. The molecule has 0 fully saturated rings. The molecule has 2 atom stereocenters. The molecular formula is C24H28N2O4S2. The number of rotatable bonds is 7. The van der Waals surface area contributed by atoms with E-state index in [1.807, 2.05) is 41.9 Å². The number of carboxylic acid groups (broad SMARTS) is 1. The number of aliphatic carboxylic acids is 1. The molecule has 1 N–H and O–H groups in total. The normalized spacial score (nSPS) is 18.8. The maximum absolute atomic E-state index is 13.6. The summed E-state index contributed by atoms with van der Waals surface area (Å²) >= 11 is 1.49. The van der Waals surface area contributed by atoms with Crippen LogP contribution in [-0.4, -0.2) is 45.5 Å². The van der Waals surface area contributed by atoms with E-state index in [2.05, 4.69) is 37.0 Å². The van der Waals surface area contributed by atoms with Gasteiger partial charge in [-0.2, -0.15) is 0 Å². The molecule has 1 aliphatic rings. The van der Waals surface area contributed by atoms with Crippen LogP contribution in [-0.2, 0) is 15.8 Å². The molecule has 0 spiro atoms. The quantitative estimate of drug-likeness (QED) is 0.258. The zero-order valence-corrected chi connectivity index (χ0v) is 20.3. The van der Waals surface area contributed by atoms with Crippen LogP contribution in [0.4, 0.5) is 11.4 Å². The molecule has 3 rings (SSSR count). The monoisotopic (exact) mass is 472 g/mol. The fourth-order valence-electron chi connectivity index (χ4n) is 3.46. The van der Waals surface area contributed by atoms with Crippen LogP contribution >= 0.6 is 11.8 Å². The fraction of sp³-hybridized carbons (Fsp3) is 0.292. The molecule has 0 amide bonds. The van der Waals surface area contributed by atoms with E-state index in [9.17, 15) is 9.00 Å². The number of nitrogens with zero attached hydrogens (tertiary/aromatic N) is 2. The minimum atomic E-state index is -1.42. The van der Waals surface area contributed by atoms with Crippen LogP contribution in [0.5, 0.6) is 5.75 Å². The summed E-state index contributed by atoms with van der Waals surface area (Å²) in [5, 5.41) is 8.86. The highest BCUT2D eigenvalue weighted by Crippen LogP contribution is 2.42. The van der Waals surface area contributed by atoms with E-state index in [-0.39, 0.29) is 6.04 Å². The fourth-order valence-corrected chi connectivity index (χ4v) is 5.29. The van der Waals surface area contributed by atoms with Gasteiger partial charge in [-0.25, -0.2) is 13.3 Å². The van der Waals surface area contributed by atoms with Crippen LogP contribution < -0.4 is 9.64 Å². The van der Waals surface area contributed by atoms with Gasteiger partial charge in [0.25, 0.3) is 0 Å². The Bertz CT molecular complexity index is 1050. The molecule has 0 saturated carbocycles. The lowest BCUT2D eigenvalue weighted by Gasteiger charge is -2.29. The number of benzene rings is 2. The summed E-state index contributed by atoms with van der Waals surface area (Å²) in [4.78, 5) is 14.5. The second kappa shape index (κ2) is 10.8. The predicted octanol–water partition coefficient (Wildman–Crippen LogP) is 5.22. The van der Waals surface area contributed by atoms with Gasteiger partial charge in [-0.15, -0.1) is 11.8 Å². The Morgan fingerprint density at radius 3 is 2.62 bits per heavy atom. The standard InChI is InChI=1S/C24H28N2O4S2/c1-17(2)10-11-19-16-26(18-8-6-5-7-9-18)20-14-22(31-4)21(30-13-12-24(27)28)15-23(20)32(29)25(19)3/h5-10,12-15,19H,11,16H2,1-4H3,(H,27,28)/b13-12+. The number of likely N-dealkylation sites (N-methyl/N-ethyl adjacent to an activating group) is 1. The van der Waals surface area contributed by atoms with Gasteiger partial charge >= 0.3 is 5.97 Å². The van der Waals surface area contributed by atoms with Gasteiger partial charge in [0, 0.05) is 31.4 Å². The molecule has 8 heteroatoms. The van der Waals surface area contributed by atoms with E-state index in [4.69, 9.17) is 9.84 Å². The second-order valence-corrected chi connectivity index (χ2v) is 10.0. The highest BCUT2D eigenvalue weighted by molar-refractivity contribution is 7.98. The first-order valence-corrected chi connectivity index (χ1v) is 12.5. The Balaban J connectivity index is 2.14. The summed E-state index contributed by atoms with van der Waals surface area (Å²) in [6, 6.07) is 13.8. The Labute approximate surface area is 196 Å². The number of carbonyl (C=O) groups is 1. The lowest BCUT2D eigenvalue weighted by Crippen LogP contribution is -2.38. The van der Waals surface area contributed by atoms with Gasteiger partial charge in [-0.05, 0) is 44.7 Å². The van der Waals surface area contributed by atoms with Gasteiger partial charge in [-0.3, -0.25) is 0 Å². The molecule has 6 nitrogen and oxygen atoms in total. The first kappa shape index (κ1) is 24.1. The zero-order chi connectivity index (χ0) is 23.3. The third-order valence-corrected chi connectivity index (χ3v) is 7.45. The molecule has 1 heterocycles. The van der Waals surface area contributed by atoms with E-state index in [0.717, 1.165) is 35.0 Å². The lowest BCUT2D eigenvalue weighted by molar-refractivity contribution is -0.131. The van der Waals surface area contributed by atoms with Crippen LogP contribution in [0.15, 0.2) is 76.2 Å². The Morgan fingerprint density at radius 2 is 2.00 bits per heavy atom. The van der Waals surface area contributed by atoms with Crippen LogP contribution in [0.2, 0.25) is 0 Å². The van der Waals surface area contributed by atoms with Crippen LogP contribution in [0, 0.1) is 0 Å². The van der Waals surface area contributed by atoms with Crippen molar-refractivity contribution in [1.29, 1.82) is 0 Å². The summed E-state index contributed by atoms with van der Waals surface area (Å²) in [6.07, 6.45) is 6.96. The highest BCUT2D eigenvalue weighted by Gasteiger charge is 2.32. The van der Waals surface area contributed by atoms with Crippen LogP contribution in [0.3, 0.4) is 0 Å². The average Bonchev–Trinajstić information content (AvgIpc) is 2.87. The van der Waals surface area contributed by atoms with Crippen molar-refractivity contribution in [2.75, 3.05) is 24.7 Å². The molecule has 0 aromatic heterocycles. The van der Waals surface area contributed by atoms with Crippen molar-refractivity contribution >= 4 is 40.1 Å². The molecule has 2 aromatic rings. The molecule has 0 aliphatic carbocycles. The van der Waals surface area contributed by atoms with Crippen molar-refractivity contribution in [2.24, 2.45) is 0 Å². The van der Waals surface area contributed by atoms with Gasteiger partial charge in [0.15, 0.2) is 0 Å². The van der Waals surface area contributed by atoms with Gasteiger partial charge in [-0.1, -0.05) is 29.8 Å². The summed E-state index contributed by atoms with van der Waals surface area (Å²) in [6.45, 7) is 4.81.